The highest BCUT2D eigenvalue weighted by Gasteiger charge is 2.09. The van der Waals surface area contributed by atoms with Crippen LogP contribution in [-0.2, 0) is 19.0 Å². The van der Waals surface area contributed by atoms with Crippen molar-refractivity contribution >= 4 is 5.91 Å². The first-order valence-electron chi connectivity index (χ1n) is 5.32. The summed E-state index contributed by atoms with van der Waals surface area (Å²) in [5, 5.41) is 2.67. The quantitative estimate of drug-likeness (QED) is 0.575. The van der Waals surface area contributed by atoms with Crippen molar-refractivity contribution in [3.05, 3.63) is 0 Å². The van der Waals surface area contributed by atoms with E-state index >= 15 is 0 Å². The van der Waals surface area contributed by atoms with E-state index in [-0.39, 0.29) is 18.8 Å². The summed E-state index contributed by atoms with van der Waals surface area (Å²) >= 11 is 0. The van der Waals surface area contributed by atoms with Crippen LogP contribution in [0.25, 0.3) is 0 Å². The molecule has 5 heteroatoms. The highest BCUT2D eigenvalue weighted by atomic mass is 16.7. The number of carbonyl (C=O) groups is 1. The average molecular weight is 219 g/mol. The number of hydrogen-bond donors (Lipinski definition) is 1. The molecule has 0 unspecified atom stereocenters. The minimum Gasteiger partial charge on any atom is -0.372 e. The van der Waals surface area contributed by atoms with Crippen molar-refractivity contribution in [3.63, 3.8) is 0 Å². The van der Waals surface area contributed by atoms with Crippen molar-refractivity contribution in [2.45, 2.75) is 27.1 Å². The first kappa shape index (κ1) is 14.3. The third-order valence-electron chi connectivity index (χ3n) is 1.61. The number of hydrogen-bond acceptors (Lipinski definition) is 4. The lowest BCUT2D eigenvalue weighted by Gasteiger charge is -2.17. The van der Waals surface area contributed by atoms with Gasteiger partial charge in [0, 0.05) is 19.8 Å². The van der Waals surface area contributed by atoms with Gasteiger partial charge in [-0.25, -0.2) is 0 Å². The Labute approximate surface area is 91.1 Å². The molecule has 0 bridgehead atoms. The molecule has 15 heavy (non-hydrogen) atoms. The molecule has 0 aromatic rings. The van der Waals surface area contributed by atoms with Gasteiger partial charge < -0.3 is 19.5 Å². The Hall–Kier alpha value is -0.650. The number of carbonyl (C=O) groups excluding carboxylic acids is 1. The zero-order valence-electron chi connectivity index (χ0n) is 9.75. The fraction of sp³-hybridized carbons (Fsp3) is 0.900. The van der Waals surface area contributed by atoms with Crippen molar-refractivity contribution in [2.24, 2.45) is 0 Å². The second-order valence-electron chi connectivity index (χ2n) is 2.78. The Balaban J connectivity index is 3.62. The van der Waals surface area contributed by atoms with Crippen molar-refractivity contribution in [2.75, 3.05) is 33.0 Å². The van der Waals surface area contributed by atoms with E-state index in [0.717, 1.165) is 0 Å². The van der Waals surface area contributed by atoms with Gasteiger partial charge in [-0.15, -0.1) is 0 Å². The molecule has 0 aromatic heterocycles. The van der Waals surface area contributed by atoms with Gasteiger partial charge in [0.2, 0.25) is 5.91 Å². The van der Waals surface area contributed by atoms with Crippen LogP contribution in [0.3, 0.4) is 0 Å². The third kappa shape index (κ3) is 8.35. The largest absolute Gasteiger partial charge is 0.372 e. The van der Waals surface area contributed by atoms with Gasteiger partial charge in [-0.1, -0.05) is 0 Å². The Morgan fingerprint density at radius 1 is 1.13 bits per heavy atom. The normalized spacial score (nSPS) is 10.7. The maximum absolute atomic E-state index is 11.2. The van der Waals surface area contributed by atoms with Gasteiger partial charge in [0.05, 0.1) is 6.54 Å². The van der Waals surface area contributed by atoms with Crippen LogP contribution in [0.4, 0.5) is 0 Å². The van der Waals surface area contributed by atoms with Gasteiger partial charge in [0.1, 0.15) is 6.61 Å². The minimum atomic E-state index is -0.370. The monoisotopic (exact) mass is 219 g/mol. The lowest BCUT2D eigenvalue weighted by Crippen LogP contribution is -2.37. The van der Waals surface area contributed by atoms with Gasteiger partial charge in [-0.05, 0) is 20.8 Å². The zero-order valence-corrected chi connectivity index (χ0v) is 9.75. The second-order valence-corrected chi connectivity index (χ2v) is 2.78. The summed E-state index contributed by atoms with van der Waals surface area (Å²) in [6.07, 6.45) is -0.370. The molecule has 0 heterocycles. The summed E-state index contributed by atoms with van der Waals surface area (Å²) < 4.78 is 15.5. The van der Waals surface area contributed by atoms with Crippen LogP contribution in [0.1, 0.15) is 20.8 Å². The van der Waals surface area contributed by atoms with Crippen LogP contribution in [0.15, 0.2) is 0 Å². The highest BCUT2D eigenvalue weighted by Crippen LogP contribution is 1.93. The Kier molecular flexibility index (Phi) is 9.46. The van der Waals surface area contributed by atoms with Crippen molar-refractivity contribution in [1.29, 1.82) is 0 Å². The summed E-state index contributed by atoms with van der Waals surface area (Å²) in [6, 6.07) is 0. The topological polar surface area (TPSA) is 56.8 Å². The van der Waals surface area contributed by atoms with Crippen molar-refractivity contribution in [1.82, 2.24) is 5.32 Å². The Morgan fingerprint density at radius 3 is 2.20 bits per heavy atom. The van der Waals surface area contributed by atoms with E-state index in [4.69, 9.17) is 14.2 Å². The molecule has 5 nitrogen and oxygen atoms in total. The van der Waals surface area contributed by atoms with Gasteiger partial charge >= 0.3 is 0 Å². The average Bonchev–Trinajstić information content (AvgIpc) is 2.23. The molecule has 90 valence electrons. The molecule has 0 saturated carbocycles. The Morgan fingerprint density at radius 2 is 1.73 bits per heavy atom. The third-order valence-corrected chi connectivity index (χ3v) is 1.61. The molecule has 0 aliphatic heterocycles. The molecule has 0 aliphatic carbocycles. The molecule has 0 radical (unpaired) electrons. The van der Waals surface area contributed by atoms with Crippen LogP contribution in [0, 0.1) is 0 Å². The summed E-state index contributed by atoms with van der Waals surface area (Å²) in [5.41, 5.74) is 0. The first-order chi connectivity index (χ1) is 7.24. The fourth-order valence-corrected chi connectivity index (χ4v) is 0.981. The molecular formula is C10H21NO4. The SMILES string of the molecule is CCOCC(=O)NCC(OCC)OCC. The Bertz CT molecular complexity index is 158. The van der Waals surface area contributed by atoms with Gasteiger partial charge in [0.25, 0.3) is 0 Å². The zero-order chi connectivity index (χ0) is 11.5. The van der Waals surface area contributed by atoms with E-state index < -0.39 is 0 Å². The number of nitrogens with one attached hydrogen (secondary N) is 1. The lowest BCUT2D eigenvalue weighted by molar-refractivity contribution is -0.142. The van der Waals surface area contributed by atoms with Gasteiger partial charge in [-0.2, -0.15) is 0 Å². The predicted molar refractivity (Wildman–Crippen MR) is 56.5 cm³/mol. The van der Waals surface area contributed by atoms with E-state index in [0.29, 0.717) is 26.4 Å². The lowest BCUT2D eigenvalue weighted by atomic mass is 10.5. The van der Waals surface area contributed by atoms with Gasteiger partial charge in [0.15, 0.2) is 6.29 Å². The number of rotatable bonds is 9. The van der Waals surface area contributed by atoms with Crippen LogP contribution in [0.2, 0.25) is 0 Å². The van der Waals surface area contributed by atoms with Crippen LogP contribution >= 0.6 is 0 Å². The first-order valence-corrected chi connectivity index (χ1v) is 5.32. The van der Waals surface area contributed by atoms with Crippen molar-refractivity contribution < 1.29 is 19.0 Å². The maximum atomic E-state index is 11.2. The van der Waals surface area contributed by atoms with Crippen LogP contribution in [-0.4, -0.2) is 45.2 Å². The van der Waals surface area contributed by atoms with E-state index in [9.17, 15) is 4.79 Å². The van der Waals surface area contributed by atoms with Crippen LogP contribution < -0.4 is 5.32 Å². The molecule has 1 amide bonds. The van der Waals surface area contributed by atoms with Crippen molar-refractivity contribution in [3.8, 4) is 0 Å². The molecule has 0 aliphatic rings. The van der Waals surface area contributed by atoms with E-state index in [2.05, 4.69) is 5.32 Å². The summed E-state index contributed by atoms with van der Waals surface area (Å²) in [6.45, 7) is 7.71. The molecule has 0 atom stereocenters. The molecule has 0 saturated heterocycles. The standard InChI is InChI=1S/C10H21NO4/c1-4-13-8-9(12)11-7-10(14-5-2)15-6-3/h10H,4-8H2,1-3H3,(H,11,12). The van der Waals surface area contributed by atoms with E-state index in [1.807, 2.05) is 20.8 Å². The fourth-order valence-electron chi connectivity index (χ4n) is 0.981. The molecule has 1 N–H and O–H groups in total. The highest BCUT2D eigenvalue weighted by molar-refractivity contribution is 5.77. The molecule has 0 rings (SSSR count). The minimum absolute atomic E-state index is 0.0848. The number of amides is 1. The summed E-state index contributed by atoms with van der Waals surface area (Å²) in [7, 11) is 0. The molecule has 0 aromatic carbocycles. The second kappa shape index (κ2) is 9.89. The summed E-state index contributed by atoms with van der Waals surface area (Å²) in [5.74, 6) is -0.152. The predicted octanol–water partition coefficient (Wildman–Crippen LogP) is 0.538. The van der Waals surface area contributed by atoms with Crippen LogP contribution in [0.5, 0.6) is 0 Å². The number of ether oxygens (including phenoxy) is 3. The molecular weight excluding hydrogens is 198 g/mol. The smallest absolute Gasteiger partial charge is 0.246 e. The maximum Gasteiger partial charge on any atom is 0.246 e. The van der Waals surface area contributed by atoms with E-state index in [1.165, 1.54) is 0 Å². The molecule has 0 fully saturated rings. The van der Waals surface area contributed by atoms with E-state index in [1.54, 1.807) is 0 Å². The van der Waals surface area contributed by atoms with Gasteiger partial charge in [-0.3, -0.25) is 4.79 Å². The molecule has 0 spiro atoms. The summed E-state index contributed by atoms with van der Waals surface area (Å²) in [4.78, 5) is 11.2.